The fourth-order valence-electron chi connectivity index (χ4n) is 2.89. The second-order valence-corrected chi connectivity index (χ2v) is 6.78. The van der Waals surface area contributed by atoms with Crippen LogP contribution in [-0.4, -0.2) is 52.7 Å². The molecule has 11 heteroatoms. The molecule has 0 saturated carbocycles. The minimum atomic E-state index is -0.646. The number of hydrogen-bond donors (Lipinski definition) is 2. The Hall–Kier alpha value is -4.80. The molecule has 0 bridgehead atoms. The molecule has 2 amide bonds. The fourth-order valence-corrected chi connectivity index (χ4v) is 2.89. The molecule has 0 fully saturated rings. The monoisotopic (exact) mass is 480 g/mol. The standard InChI is InChI=1S/C24H24N4O7/c1-31-17-5-7-19(33-3)15(11-17)13-25-27-23(29)21-9-10-22(35-21)24(30)28-26-14-16-12-18(32-2)6-8-20(16)34-4/h5-14H,1-4H3,(H,27,29)(H,28,30)/b25-13+,26-14+. The van der Waals surface area contributed by atoms with Gasteiger partial charge in [0.2, 0.25) is 0 Å². The lowest BCUT2D eigenvalue weighted by Gasteiger charge is -2.06. The van der Waals surface area contributed by atoms with Gasteiger partial charge in [0.15, 0.2) is 11.5 Å². The number of amides is 2. The summed E-state index contributed by atoms with van der Waals surface area (Å²) in [5.41, 5.74) is 5.85. The molecule has 11 nitrogen and oxygen atoms in total. The van der Waals surface area contributed by atoms with Crippen LogP contribution in [0.25, 0.3) is 0 Å². The molecule has 0 unspecified atom stereocenters. The van der Waals surface area contributed by atoms with Crippen molar-refractivity contribution in [2.24, 2.45) is 10.2 Å². The average Bonchev–Trinajstić information content (AvgIpc) is 3.39. The second-order valence-electron chi connectivity index (χ2n) is 6.78. The van der Waals surface area contributed by atoms with E-state index in [4.69, 9.17) is 23.4 Å². The highest BCUT2D eigenvalue weighted by Gasteiger charge is 2.15. The maximum absolute atomic E-state index is 12.3. The summed E-state index contributed by atoms with van der Waals surface area (Å²) in [6.45, 7) is 0. The number of nitrogens with one attached hydrogen (secondary N) is 2. The van der Waals surface area contributed by atoms with Crippen LogP contribution in [0.5, 0.6) is 23.0 Å². The number of carbonyl (C=O) groups is 2. The average molecular weight is 480 g/mol. The van der Waals surface area contributed by atoms with Crippen LogP contribution in [-0.2, 0) is 0 Å². The Kier molecular flexibility index (Phi) is 8.43. The van der Waals surface area contributed by atoms with Crippen molar-refractivity contribution in [1.82, 2.24) is 10.9 Å². The van der Waals surface area contributed by atoms with Crippen LogP contribution in [0.15, 0.2) is 63.2 Å². The summed E-state index contributed by atoms with van der Waals surface area (Å²) < 4.78 is 26.2. The van der Waals surface area contributed by atoms with Gasteiger partial charge in [-0.15, -0.1) is 0 Å². The molecule has 0 spiro atoms. The first-order valence-electron chi connectivity index (χ1n) is 10.2. The van der Waals surface area contributed by atoms with E-state index < -0.39 is 11.8 Å². The summed E-state index contributed by atoms with van der Waals surface area (Å²) in [7, 11) is 6.11. The summed E-state index contributed by atoms with van der Waals surface area (Å²) in [5, 5.41) is 7.81. The summed E-state index contributed by atoms with van der Waals surface area (Å²) in [4.78, 5) is 24.6. The number of furan rings is 1. The molecule has 3 aromatic rings. The van der Waals surface area contributed by atoms with Gasteiger partial charge in [0.05, 0.1) is 40.9 Å². The Bertz CT molecular complexity index is 1160. The lowest BCUT2D eigenvalue weighted by atomic mass is 10.2. The smallest absolute Gasteiger partial charge is 0.307 e. The molecule has 0 aliphatic heterocycles. The van der Waals surface area contributed by atoms with E-state index in [1.54, 1.807) is 36.4 Å². The Labute approximate surface area is 201 Å². The summed E-state index contributed by atoms with van der Waals surface area (Å²) >= 11 is 0. The Morgan fingerprint density at radius 2 is 1.11 bits per heavy atom. The molecule has 0 aliphatic carbocycles. The van der Waals surface area contributed by atoms with E-state index in [-0.39, 0.29) is 11.5 Å². The molecule has 2 N–H and O–H groups in total. The van der Waals surface area contributed by atoms with Gasteiger partial charge in [-0.2, -0.15) is 10.2 Å². The highest BCUT2D eigenvalue weighted by Crippen LogP contribution is 2.23. The van der Waals surface area contributed by atoms with Gasteiger partial charge in [-0.25, -0.2) is 10.9 Å². The van der Waals surface area contributed by atoms with Crippen molar-refractivity contribution < 1.29 is 33.0 Å². The van der Waals surface area contributed by atoms with Gasteiger partial charge in [0, 0.05) is 11.1 Å². The largest absolute Gasteiger partial charge is 0.497 e. The van der Waals surface area contributed by atoms with Crippen molar-refractivity contribution in [1.29, 1.82) is 0 Å². The summed E-state index contributed by atoms with van der Waals surface area (Å²) in [5.74, 6) is 0.798. The van der Waals surface area contributed by atoms with Crippen LogP contribution in [0.3, 0.4) is 0 Å². The van der Waals surface area contributed by atoms with Gasteiger partial charge in [0.25, 0.3) is 0 Å². The molecule has 1 heterocycles. The maximum Gasteiger partial charge on any atom is 0.307 e. The number of hydrogen-bond acceptors (Lipinski definition) is 9. The van der Waals surface area contributed by atoms with E-state index in [9.17, 15) is 9.59 Å². The van der Waals surface area contributed by atoms with Crippen LogP contribution < -0.4 is 29.8 Å². The predicted octanol–water partition coefficient (Wildman–Crippen LogP) is 2.84. The van der Waals surface area contributed by atoms with Gasteiger partial charge in [-0.1, -0.05) is 0 Å². The van der Waals surface area contributed by atoms with Crippen LogP contribution in [0.1, 0.15) is 32.2 Å². The molecule has 182 valence electrons. The third kappa shape index (κ3) is 6.38. The Morgan fingerprint density at radius 3 is 1.49 bits per heavy atom. The van der Waals surface area contributed by atoms with Crippen molar-refractivity contribution in [3.8, 4) is 23.0 Å². The van der Waals surface area contributed by atoms with E-state index in [1.165, 1.54) is 53.0 Å². The van der Waals surface area contributed by atoms with Gasteiger partial charge in [-0.05, 0) is 48.5 Å². The van der Waals surface area contributed by atoms with Gasteiger partial charge >= 0.3 is 11.8 Å². The van der Waals surface area contributed by atoms with Crippen molar-refractivity contribution in [3.63, 3.8) is 0 Å². The molecule has 35 heavy (non-hydrogen) atoms. The van der Waals surface area contributed by atoms with E-state index in [0.717, 1.165) is 0 Å². The molecule has 0 aliphatic rings. The van der Waals surface area contributed by atoms with Crippen LogP contribution in [0, 0.1) is 0 Å². The minimum Gasteiger partial charge on any atom is -0.497 e. The zero-order valence-electron chi connectivity index (χ0n) is 19.5. The first kappa shape index (κ1) is 24.8. The van der Waals surface area contributed by atoms with Gasteiger partial charge in [0.1, 0.15) is 23.0 Å². The number of benzene rings is 2. The molecule has 1 aromatic heterocycles. The maximum atomic E-state index is 12.3. The van der Waals surface area contributed by atoms with E-state index in [1.807, 2.05) is 0 Å². The fraction of sp³-hybridized carbons (Fsp3) is 0.167. The third-order valence-electron chi connectivity index (χ3n) is 4.67. The van der Waals surface area contributed by atoms with Gasteiger partial charge < -0.3 is 23.4 Å². The zero-order valence-corrected chi connectivity index (χ0v) is 19.5. The topological polar surface area (TPSA) is 133 Å². The number of nitrogens with zero attached hydrogens (tertiary/aromatic N) is 2. The van der Waals surface area contributed by atoms with Crippen LogP contribution in [0.4, 0.5) is 0 Å². The number of methoxy groups -OCH3 is 4. The molecule has 0 saturated heterocycles. The highest BCUT2D eigenvalue weighted by molar-refractivity contribution is 5.96. The molecule has 2 aromatic carbocycles. The summed E-state index contributed by atoms with van der Waals surface area (Å²) in [6.07, 6.45) is 2.80. The molecule has 3 rings (SSSR count). The normalized spacial score (nSPS) is 10.9. The lowest BCUT2D eigenvalue weighted by molar-refractivity contribution is 0.0902. The highest BCUT2D eigenvalue weighted by atomic mass is 16.5. The molecular weight excluding hydrogens is 456 g/mol. The quantitative estimate of drug-likeness (QED) is 0.337. The van der Waals surface area contributed by atoms with E-state index >= 15 is 0 Å². The number of rotatable bonds is 10. The third-order valence-corrected chi connectivity index (χ3v) is 4.67. The van der Waals surface area contributed by atoms with E-state index in [0.29, 0.717) is 34.1 Å². The zero-order chi connectivity index (χ0) is 25.2. The number of ether oxygens (including phenoxy) is 4. The minimum absolute atomic E-state index is 0.108. The first-order valence-corrected chi connectivity index (χ1v) is 10.2. The number of hydrazone groups is 2. The van der Waals surface area contributed by atoms with Crippen molar-refractivity contribution in [3.05, 3.63) is 71.2 Å². The summed E-state index contributed by atoms with van der Waals surface area (Å²) in [6, 6.07) is 13.0. The Balaban J connectivity index is 1.61. The van der Waals surface area contributed by atoms with Gasteiger partial charge in [-0.3, -0.25) is 9.59 Å². The van der Waals surface area contributed by atoms with Crippen LogP contribution >= 0.6 is 0 Å². The van der Waals surface area contributed by atoms with Crippen LogP contribution in [0.2, 0.25) is 0 Å². The van der Waals surface area contributed by atoms with Crippen molar-refractivity contribution in [2.75, 3.05) is 28.4 Å². The van der Waals surface area contributed by atoms with E-state index in [2.05, 4.69) is 21.1 Å². The van der Waals surface area contributed by atoms with Crippen molar-refractivity contribution >= 4 is 24.2 Å². The first-order chi connectivity index (χ1) is 17.0. The molecule has 0 radical (unpaired) electrons. The second kappa shape index (κ2) is 11.9. The molecule has 0 atom stereocenters. The van der Waals surface area contributed by atoms with Crippen molar-refractivity contribution in [2.45, 2.75) is 0 Å². The predicted molar refractivity (Wildman–Crippen MR) is 128 cm³/mol. The Morgan fingerprint density at radius 1 is 0.686 bits per heavy atom. The lowest BCUT2D eigenvalue weighted by Crippen LogP contribution is -2.18. The molecular formula is C24H24N4O7. The number of carbonyl (C=O) groups excluding carboxylic acids is 2. The SMILES string of the molecule is COc1ccc(OC)c(/C=N/NC(=O)c2ccc(C(=O)N/N=C/c3cc(OC)ccc3OC)o2)c1.